The molecule has 0 saturated carbocycles. The number of hydrogen-bond donors (Lipinski definition) is 0. The summed E-state index contributed by atoms with van der Waals surface area (Å²) < 4.78 is 5.56. The Morgan fingerprint density at radius 1 is 1.12 bits per heavy atom. The van der Waals surface area contributed by atoms with Crippen LogP contribution in [0.2, 0.25) is 0 Å². The monoisotopic (exact) mass is 323 g/mol. The Morgan fingerprint density at radius 3 is 2.62 bits per heavy atom. The van der Waals surface area contributed by atoms with Gasteiger partial charge in [0.15, 0.2) is 0 Å². The highest BCUT2D eigenvalue weighted by Gasteiger charge is 2.28. The minimum Gasteiger partial charge on any atom is -0.496 e. The molecule has 2 atom stereocenters. The Labute approximate surface area is 146 Å². The SMILES string of the molecule is CCCN(C(C)c1ccccc1)[C@H]1CCc2c(cccc2OC)C1. The van der Waals surface area contributed by atoms with E-state index >= 15 is 0 Å². The molecule has 128 valence electrons. The van der Waals surface area contributed by atoms with Gasteiger partial charge in [0.2, 0.25) is 0 Å². The molecule has 1 aliphatic rings. The molecule has 2 heteroatoms. The van der Waals surface area contributed by atoms with Gasteiger partial charge in [-0.2, -0.15) is 0 Å². The molecular weight excluding hydrogens is 294 g/mol. The van der Waals surface area contributed by atoms with E-state index in [4.69, 9.17) is 4.74 Å². The van der Waals surface area contributed by atoms with Crippen LogP contribution in [0.1, 0.15) is 49.4 Å². The van der Waals surface area contributed by atoms with E-state index in [9.17, 15) is 0 Å². The van der Waals surface area contributed by atoms with Crippen LogP contribution in [0.5, 0.6) is 5.75 Å². The summed E-state index contributed by atoms with van der Waals surface area (Å²) in [7, 11) is 1.78. The molecule has 0 aromatic heterocycles. The third kappa shape index (κ3) is 3.49. The Bertz CT molecular complexity index is 652. The Morgan fingerprint density at radius 2 is 1.92 bits per heavy atom. The van der Waals surface area contributed by atoms with Crippen LogP contribution in [0.3, 0.4) is 0 Å². The van der Waals surface area contributed by atoms with Gasteiger partial charge in [0, 0.05) is 12.1 Å². The van der Waals surface area contributed by atoms with Crippen molar-refractivity contribution in [3.05, 3.63) is 65.2 Å². The zero-order valence-corrected chi connectivity index (χ0v) is 15.2. The van der Waals surface area contributed by atoms with Gasteiger partial charge in [0.25, 0.3) is 0 Å². The summed E-state index contributed by atoms with van der Waals surface area (Å²) in [5.41, 5.74) is 4.30. The predicted molar refractivity (Wildman–Crippen MR) is 101 cm³/mol. The predicted octanol–water partition coefficient (Wildman–Crippen LogP) is 5.03. The lowest BCUT2D eigenvalue weighted by atomic mass is 9.86. The number of rotatable bonds is 6. The summed E-state index contributed by atoms with van der Waals surface area (Å²) in [6.07, 6.45) is 4.65. The Hall–Kier alpha value is -1.80. The molecular formula is C22H29NO. The number of nitrogens with zero attached hydrogens (tertiary/aromatic N) is 1. The van der Waals surface area contributed by atoms with Crippen molar-refractivity contribution >= 4 is 0 Å². The quantitative estimate of drug-likeness (QED) is 0.739. The zero-order chi connectivity index (χ0) is 16.9. The van der Waals surface area contributed by atoms with E-state index in [0.717, 1.165) is 25.1 Å². The molecule has 2 aromatic carbocycles. The number of methoxy groups -OCH3 is 1. The maximum absolute atomic E-state index is 5.56. The van der Waals surface area contributed by atoms with Crippen LogP contribution in [0.15, 0.2) is 48.5 Å². The maximum atomic E-state index is 5.56. The third-order valence-corrected chi connectivity index (χ3v) is 5.36. The van der Waals surface area contributed by atoms with Gasteiger partial charge in [-0.3, -0.25) is 4.90 Å². The van der Waals surface area contributed by atoms with Crippen LogP contribution in [0, 0.1) is 0 Å². The number of ether oxygens (including phenoxy) is 1. The minimum absolute atomic E-state index is 0.461. The lowest BCUT2D eigenvalue weighted by Gasteiger charge is -2.39. The molecule has 0 saturated heterocycles. The van der Waals surface area contributed by atoms with Crippen LogP contribution in [-0.4, -0.2) is 24.6 Å². The summed E-state index contributed by atoms with van der Waals surface area (Å²) in [6, 6.07) is 18.5. The molecule has 0 spiro atoms. The number of benzene rings is 2. The lowest BCUT2D eigenvalue weighted by Crippen LogP contribution is -2.41. The van der Waals surface area contributed by atoms with Crippen molar-refractivity contribution in [2.45, 2.75) is 51.6 Å². The highest BCUT2D eigenvalue weighted by molar-refractivity contribution is 5.42. The minimum atomic E-state index is 0.461. The lowest BCUT2D eigenvalue weighted by molar-refractivity contribution is 0.130. The molecule has 0 N–H and O–H groups in total. The second kappa shape index (κ2) is 7.85. The van der Waals surface area contributed by atoms with E-state index < -0.39 is 0 Å². The van der Waals surface area contributed by atoms with Crippen molar-refractivity contribution in [3.8, 4) is 5.75 Å². The fourth-order valence-corrected chi connectivity index (χ4v) is 4.10. The summed E-state index contributed by atoms with van der Waals surface area (Å²) in [5, 5.41) is 0. The van der Waals surface area contributed by atoms with E-state index in [1.165, 1.54) is 29.5 Å². The summed E-state index contributed by atoms with van der Waals surface area (Å²) in [4.78, 5) is 2.71. The molecule has 1 aliphatic carbocycles. The van der Waals surface area contributed by atoms with Gasteiger partial charge in [-0.25, -0.2) is 0 Å². The van der Waals surface area contributed by atoms with E-state index in [1.54, 1.807) is 7.11 Å². The van der Waals surface area contributed by atoms with Gasteiger partial charge >= 0.3 is 0 Å². The highest BCUT2D eigenvalue weighted by Crippen LogP contribution is 2.34. The van der Waals surface area contributed by atoms with Gasteiger partial charge in [0.05, 0.1) is 7.11 Å². The highest BCUT2D eigenvalue weighted by atomic mass is 16.5. The van der Waals surface area contributed by atoms with Gasteiger partial charge < -0.3 is 4.74 Å². The summed E-state index contributed by atoms with van der Waals surface area (Å²) >= 11 is 0. The normalized spacial score (nSPS) is 18.2. The first kappa shape index (κ1) is 17.0. The van der Waals surface area contributed by atoms with Crippen molar-refractivity contribution < 1.29 is 4.74 Å². The summed E-state index contributed by atoms with van der Waals surface area (Å²) in [6.45, 7) is 5.79. The molecule has 3 rings (SSSR count). The average molecular weight is 323 g/mol. The van der Waals surface area contributed by atoms with Crippen LogP contribution >= 0.6 is 0 Å². The van der Waals surface area contributed by atoms with Gasteiger partial charge in [-0.1, -0.05) is 49.4 Å². The first-order valence-electron chi connectivity index (χ1n) is 9.20. The smallest absolute Gasteiger partial charge is 0.122 e. The van der Waals surface area contributed by atoms with E-state index in [1.807, 2.05) is 0 Å². The Balaban J connectivity index is 1.82. The zero-order valence-electron chi connectivity index (χ0n) is 15.2. The molecule has 2 aromatic rings. The van der Waals surface area contributed by atoms with Crippen molar-refractivity contribution in [2.24, 2.45) is 0 Å². The molecule has 0 amide bonds. The first-order valence-corrected chi connectivity index (χ1v) is 9.20. The standard InChI is InChI=1S/C22H29NO/c1-4-15-23(17(2)18-9-6-5-7-10-18)20-13-14-21-19(16-20)11-8-12-22(21)24-3/h5-12,17,20H,4,13-16H2,1-3H3/t17?,20-/m0/s1. The summed E-state index contributed by atoms with van der Waals surface area (Å²) in [5.74, 6) is 1.06. The second-order valence-corrected chi connectivity index (χ2v) is 6.82. The molecule has 0 bridgehead atoms. The fraction of sp³-hybridized carbons (Fsp3) is 0.455. The topological polar surface area (TPSA) is 12.5 Å². The largest absolute Gasteiger partial charge is 0.496 e. The van der Waals surface area contributed by atoms with E-state index in [2.05, 4.69) is 67.3 Å². The maximum Gasteiger partial charge on any atom is 0.122 e. The molecule has 0 aliphatic heterocycles. The molecule has 0 heterocycles. The fourth-order valence-electron chi connectivity index (χ4n) is 4.10. The van der Waals surface area contributed by atoms with Gasteiger partial charge in [-0.05, 0) is 61.9 Å². The van der Waals surface area contributed by atoms with Gasteiger partial charge in [-0.15, -0.1) is 0 Å². The molecule has 0 fully saturated rings. The first-order chi connectivity index (χ1) is 11.7. The Kier molecular flexibility index (Phi) is 5.57. The molecule has 2 nitrogen and oxygen atoms in total. The van der Waals surface area contributed by atoms with E-state index in [0.29, 0.717) is 12.1 Å². The number of fused-ring (bicyclic) bond motifs is 1. The van der Waals surface area contributed by atoms with Crippen LogP contribution < -0.4 is 4.74 Å². The van der Waals surface area contributed by atoms with Crippen LogP contribution in [0.4, 0.5) is 0 Å². The van der Waals surface area contributed by atoms with Crippen LogP contribution in [-0.2, 0) is 12.8 Å². The van der Waals surface area contributed by atoms with Crippen molar-refractivity contribution in [3.63, 3.8) is 0 Å². The van der Waals surface area contributed by atoms with Gasteiger partial charge in [0.1, 0.15) is 5.75 Å². The van der Waals surface area contributed by atoms with E-state index in [-0.39, 0.29) is 0 Å². The van der Waals surface area contributed by atoms with Crippen molar-refractivity contribution in [2.75, 3.05) is 13.7 Å². The molecule has 0 radical (unpaired) electrons. The van der Waals surface area contributed by atoms with Crippen LogP contribution in [0.25, 0.3) is 0 Å². The second-order valence-electron chi connectivity index (χ2n) is 6.82. The van der Waals surface area contributed by atoms with Crippen molar-refractivity contribution in [1.29, 1.82) is 0 Å². The third-order valence-electron chi connectivity index (χ3n) is 5.36. The average Bonchev–Trinajstić information content (AvgIpc) is 2.65. The van der Waals surface area contributed by atoms with Crippen molar-refractivity contribution in [1.82, 2.24) is 4.90 Å². The molecule has 1 unspecified atom stereocenters. The number of hydrogen-bond acceptors (Lipinski definition) is 2. The molecule has 24 heavy (non-hydrogen) atoms.